The Morgan fingerprint density at radius 3 is 2.59 bits per heavy atom. The molecular formula is C14H18O2S. The second kappa shape index (κ2) is 4.30. The summed E-state index contributed by atoms with van der Waals surface area (Å²) in [6, 6.07) is 5.67. The minimum atomic E-state index is -3.19. The fourth-order valence-electron chi connectivity index (χ4n) is 2.08. The van der Waals surface area contributed by atoms with Crippen LogP contribution in [0.1, 0.15) is 37.8 Å². The van der Waals surface area contributed by atoms with Gasteiger partial charge in [0.05, 0.1) is 4.90 Å². The molecule has 0 saturated carbocycles. The van der Waals surface area contributed by atoms with Crippen LogP contribution in [0.25, 0.3) is 5.57 Å². The molecule has 0 N–H and O–H groups in total. The lowest BCUT2D eigenvalue weighted by molar-refractivity contribution is 0.599. The number of fused-ring (bicyclic) bond motifs is 1. The summed E-state index contributed by atoms with van der Waals surface area (Å²) in [6.45, 7) is 6.22. The predicted octanol–water partition coefficient (Wildman–Crippen LogP) is 3.56. The van der Waals surface area contributed by atoms with Crippen LogP contribution in [0.3, 0.4) is 0 Å². The molecule has 17 heavy (non-hydrogen) atoms. The molecule has 2 nitrogen and oxygen atoms in total. The molecule has 0 saturated heterocycles. The number of allylic oxidation sites excluding steroid dienone is 1. The summed E-state index contributed by atoms with van der Waals surface area (Å²) in [5, 5.41) is 1.44. The van der Waals surface area contributed by atoms with Crippen LogP contribution < -0.4 is 0 Å². The van der Waals surface area contributed by atoms with E-state index in [1.807, 2.05) is 19.1 Å². The topological polar surface area (TPSA) is 34.1 Å². The number of aryl methyl sites for hydroxylation is 1. The van der Waals surface area contributed by atoms with Crippen LogP contribution in [0.2, 0.25) is 0 Å². The van der Waals surface area contributed by atoms with Crippen molar-refractivity contribution in [3.05, 3.63) is 34.7 Å². The van der Waals surface area contributed by atoms with Gasteiger partial charge < -0.3 is 0 Å². The Hall–Kier alpha value is -1.09. The standard InChI is InChI=1S/C14H18O2S/c1-10(2)4-6-12-9-17(15,16)14-8-11(3)5-7-13(12)14/h5,7-10H,4,6H2,1-3H3. The Balaban J connectivity index is 2.40. The van der Waals surface area contributed by atoms with Crippen molar-refractivity contribution in [1.29, 1.82) is 0 Å². The maximum atomic E-state index is 12.0. The minimum absolute atomic E-state index is 0.483. The van der Waals surface area contributed by atoms with E-state index < -0.39 is 9.84 Å². The van der Waals surface area contributed by atoms with E-state index in [4.69, 9.17) is 0 Å². The van der Waals surface area contributed by atoms with Gasteiger partial charge in [0.25, 0.3) is 0 Å². The van der Waals surface area contributed by atoms with Gasteiger partial charge in [-0.15, -0.1) is 0 Å². The SMILES string of the molecule is Cc1ccc2c(c1)S(=O)(=O)C=C2CCC(C)C. The third kappa shape index (κ3) is 2.44. The zero-order chi connectivity index (χ0) is 12.6. The molecule has 0 spiro atoms. The summed E-state index contributed by atoms with van der Waals surface area (Å²) in [4.78, 5) is 0.483. The average molecular weight is 250 g/mol. The van der Waals surface area contributed by atoms with Gasteiger partial charge >= 0.3 is 0 Å². The molecule has 0 fully saturated rings. The molecule has 1 aromatic rings. The third-order valence-electron chi connectivity index (χ3n) is 3.08. The Bertz CT molecular complexity index is 566. The molecule has 1 heterocycles. The Labute approximate surface area is 103 Å². The van der Waals surface area contributed by atoms with Crippen molar-refractivity contribution in [2.24, 2.45) is 5.92 Å². The number of hydrogen-bond acceptors (Lipinski definition) is 2. The summed E-state index contributed by atoms with van der Waals surface area (Å²) in [7, 11) is -3.19. The van der Waals surface area contributed by atoms with Crippen molar-refractivity contribution >= 4 is 15.4 Å². The average Bonchev–Trinajstić information content (AvgIpc) is 2.48. The van der Waals surface area contributed by atoms with E-state index in [1.54, 1.807) is 6.07 Å². The molecular weight excluding hydrogens is 232 g/mol. The van der Waals surface area contributed by atoms with Crippen LogP contribution >= 0.6 is 0 Å². The Kier molecular flexibility index (Phi) is 3.13. The fraction of sp³-hybridized carbons (Fsp3) is 0.429. The van der Waals surface area contributed by atoms with Gasteiger partial charge in [-0.3, -0.25) is 0 Å². The first kappa shape index (κ1) is 12.4. The summed E-state index contributed by atoms with van der Waals surface area (Å²) >= 11 is 0. The van der Waals surface area contributed by atoms with Crippen molar-refractivity contribution in [1.82, 2.24) is 0 Å². The van der Waals surface area contributed by atoms with E-state index in [0.717, 1.165) is 29.5 Å². The van der Waals surface area contributed by atoms with E-state index in [2.05, 4.69) is 13.8 Å². The molecule has 0 aliphatic carbocycles. The molecule has 0 aromatic heterocycles. The molecule has 0 unspecified atom stereocenters. The van der Waals surface area contributed by atoms with E-state index >= 15 is 0 Å². The zero-order valence-electron chi connectivity index (χ0n) is 10.5. The minimum Gasteiger partial charge on any atom is -0.219 e. The Morgan fingerprint density at radius 1 is 1.24 bits per heavy atom. The van der Waals surface area contributed by atoms with Crippen molar-refractivity contribution in [2.75, 3.05) is 0 Å². The van der Waals surface area contributed by atoms with Gasteiger partial charge in [-0.05, 0) is 48.4 Å². The smallest absolute Gasteiger partial charge is 0.200 e. The molecule has 2 rings (SSSR count). The van der Waals surface area contributed by atoms with E-state index in [1.165, 1.54) is 5.41 Å². The van der Waals surface area contributed by atoms with Crippen LogP contribution in [-0.4, -0.2) is 8.42 Å². The summed E-state index contributed by atoms with van der Waals surface area (Å²) in [6.07, 6.45) is 1.86. The maximum Gasteiger partial charge on any atom is 0.200 e. The quantitative estimate of drug-likeness (QED) is 0.822. The molecule has 3 heteroatoms. The second-order valence-electron chi connectivity index (χ2n) is 5.12. The van der Waals surface area contributed by atoms with Crippen LogP contribution in [0, 0.1) is 12.8 Å². The number of rotatable bonds is 3. The highest BCUT2D eigenvalue weighted by Crippen LogP contribution is 2.36. The van der Waals surface area contributed by atoms with E-state index in [0.29, 0.717) is 10.8 Å². The molecule has 1 aliphatic heterocycles. The van der Waals surface area contributed by atoms with Gasteiger partial charge in [-0.25, -0.2) is 8.42 Å². The molecule has 0 bridgehead atoms. The first-order valence-electron chi connectivity index (χ1n) is 5.97. The van der Waals surface area contributed by atoms with Crippen LogP contribution in [0.15, 0.2) is 28.5 Å². The van der Waals surface area contributed by atoms with Crippen LogP contribution in [0.5, 0.6) is 0 Å². The lowest BCUT2D eigenvalue weighted by atomic mass is 9.98. The zero-order valence-corrected chi connectivity index (χ0v) is 11.3. The van der Waals surface area contributed by atoms with Gasteiger partial charge in [0.15, 0.2) is 0 Å². The van der Waals surface area contributed by atoms with Crippen molar-refractivity contribution in [3.63, 3.8) is 0 Å². The molecule has 0 amide bonds. The molecule has 0 radical (unpaired) electrons. The van der Waals surface area contributed by atoms with Gasteiger partial charge in [0, 0.05) is 5.41 Å². The number of benzene rings is 1. The second-order valence-corrected chi connectivity index (χ2v) is 6.89. The molecule has 1 aromatic carbocycles. The van der Waals surface area contributed by atoms with Gasteiger partial charge in [0.1, 0.15) is 0 Å². The van der Waals surface area contributed by atoms with Gasteiger partial charge in [-0.2, -0.15) is 0 Å². The lowest BCUT2D eigenvalue weighted by Crippen LogP contribution is -1.93. The molecule has 92 valence electrons. The number of hydrogen-bond donors (Lipinski definition) is 0. The van der Waals surface area contributed by atoms with E-state index in [9.17, 15) is 8.42 Å². The lowest BCUT2D eigenvalue weighted by Gasteiger charge is -2.07. The Morgan fingerprint density at radius 2 is 1.94 bits per heavy atom. The number of sulfone groups is 1. The highest BCUT2D eigenvalue weighted by molar-refractivity contribution is 7.95. The molecule has 1 aliphatic rings. The first-order valence-corrected chi connectivity index (χ1v) is 7.51. The monoisotopic (exact) mass is 250 g/mol. The van der Waals surface area contributed by atoms with Crippen molar-refractivity contribution < 1.29 is 8.42 Å². The van der Waals surface area contributed by atoms with Gasteiger partial charge in [0.2, 0.25) is 9.84 Å². The summed E-state index contributed by atoms with van der Waals surface area (Å²) in [5.74, 6) is 0.591. The third-order valence-corrected chi connectivity index (χ3v) is 4.62. The van der Waals surface area contributed by atoms with Crippen LogP contribution in [0.4, 0.5) is 0 Å². The maximum absolute atomic E-state index is 12.0. The van der Waals surface area contributed by atoms with E-state index in [-0.39, 0.29) is 0 Å². The summed E-state index contributed by atoms with van der Waals surface area (Å²) in [5.41, 5.74) is 2.86. The van der Waals surface area contributed by atoms with Crippen molar-refractivity contribution in [3.8, 4) is 0 Å². The summed E-state index contributed by atoms with van der Waals surface area (Å²) < 4.78 is 24.0. The fourth-order valence-corrected chi connectivity index (χ4v) is 3.68. The molecule has 0 atom stereocenters. The first-order chi connectivity index (χ1) is 7.90. The highest BCUT2D eigenvalue weighted by atomic mass is 32.2. The highest BCUT2D eigenvalue weighted by Gasteiger charge is 2.26. The van der Waals surface area contributed by atoms with Gasteiger partial charge in [-0.1, -0.05) is 26.0 Å². The largest absolute Gasteiger partial charge is 0.219 e. The predicted molar refractivity (Wildman–Crippen MR) is 70.4 cm³/mol. The van der Waals surface area contributed by atoms with Crippen LogP contribution in [-0.2, 0) is 9.84 Å². The normalized spacial score (nSPS) is 17.1. The van der Waals surface area contributed by atoms with Crippen molar-refractivity contribution in [2.45, 2.75) is 38.5 Å².